The van der Waals surface area contributed by atoms with E-state index in [2.05, 4.69) is 11.3 Å². The van der Waals surface area contributed by atoms with Gasteiger partial charge in [0.05, 0.1) is 6.20 Å². The van der Waals surface area contributed by atoms with Crippen molar-refractivity contribution in [3.05, 3.63) is 18.0 Å². The fourth-order valence-corrected chi connectivity index (χ4v) is 5.86. The van der Waals surface area contributed by atoms with Gasteiger partial charge in [0.1, 0.15) is 0 Å². The number of nitrogens with zero attached hydrogens (tertiary/aromatic N) is 2. The molecule has 20 heavy (non-hydrogen) atoms. The minimum atomic E-state index is 0.178. The molecule has 1 heterocycles. The standard InChI is InChI=1S/C17H27N3/c1-20-11-15(10-19-20)16(18)2-3-17-7-12-4-13(8-17)6-14(5-12)9-17/h10-14,16H,2-9,18H2,1H3. The lowest BCUT2D eigenvalue weighted by Crippen LogP contribution is -2.46. The van der Waals surface area contributed by atoms with Crippen molar-refractivity contribution in [1.29, 1.82) is 0 Å². The van der Waals surface area contributed by atoms with Crippen LogP contribution in [0.1, 0.15) is 63.0 Å². The zero-order valence-electron chi connectivity index (χ0n) is 12.6. The summed E-state index contributed by atoms with van der Waals surface area (Å²) in [6.07, 6.45) is 15.6. The van der Waals surface area contributed by atoms with Gasteiger partial charge in [-0.1, -0.05) is 0 Å². The molecule has 3 heteroatoms. The van der Waals surface area contributed by atoms with Crippen molar-refractivity contribution in [2.45, 2.75) is 57.4 Å². The quantitative estimate of drug-likeness (QED) is 0.913. The Bertz CT molecular complexity index is 455. The van der Waals surface area contributed by atoms with E-state index in [1.54, 1.807) is 0 Å². The van der Waals surface area contributed by atoms with Crippen LogP contribution in [0.2, 0.25) is 0 Å². The molecule has 1 unspecified atom stereocenters. The first-order valence-corrected chi connectivity index (χ1v) is 8.36. The number of hydrogen-bond donors (Lipinski definition) is 1. The molecule has 0 aliphatic heterocycles. The Balaban J connectivity index is 1.42. The van der Waals surface area contributed by atoms with E-state index >= 15 is 0 Å². The van der Waals surface area contributed by atoms with E-state index in [4.69, 9.17) is 5.73 Å². The highest BCUT2D eigenvalue weighted by molar-refractivity contribution is 5.10. The van der Waals surface area contributed by atoms with E-state index in [0.717, 1.165) is 24.2 Å². The van der Waals surface area contributed by atoms with Gasteiger partial charge in [-0.15, -0.1) is 0 Å². The minimum Gasteiger partial charge on any atom is -0.324 e. The zero-order valence-corrected chi connectivity index (χ0v) is 12.6. The Morgan fingerprint density at radius 2 is 1.85 bits per heavy atom. The summed E-state index contributed by atoms with van der Waals surface area (Å²) in [5, 5.41) is 4.25. The Hall–Kier alpha value is -0.830. The predicted molar refractivity (Wildman–Crippen MR) is 80.0 cm³/mol. The second-order valence-electron chi connectivity index (χ2n) is 8.01. The van der Waals surface area contributed by atoms with Crippen LogP contribution in [0.4, 0.5) is 0 Å². The van der Waals surface area contributed by atoms with Gasteiger partial charge in [-0.05, 0) is 74.5 Å². The molecule has 4 saturated carbocycles. The highest BCUT2D eigenvalue weighted by Gasteiger charge is 2.50. The SMILES string of the molecule is Cn1cc(C(N)CCC23CC4CC(CC(C4)C2)C3)cn1. The minimum absolute atomic E-state index is 0.178. The largest absolute Gasteiger partial charge is 0.324 e. The molecule has 4 aliphatic carbocycles. The molecule has 0 saturated heterocycles. The zero-order chi connectivity index (χ0) is 13.7. The average Bonchev–Trinajstić information content (AvgIpc) is 2.81. The van der Waals surface area contributed by atoms with Crippen LogP contribution in [-0.2, 0) is 7.05 Å². The molecule has 3 nitrogen and oxygen atoms in total. The number of aryl methyl sites for hydroxylation is 1. The molecule has 4 fully saturated rings. The van der Waals surface area contributed by atoms with Crippen LogP contribution >= 0.6 is 0 Å². The van der Waals surface area contributed by atoms with Crippen LogP contribution in [0.5, 0.6) is 0 Å². The second kappa shape index (κ2) is 4.59. The molecular weight excluding hydrogens is 246 g/mol. The van der Waals surface area contributed by atoms with Gasteiger partial charge in [0.25, 0.3) is 0 Å². The monoisotopic (exact) mass is 273 g/mol. The predicted octanol–water partition coefficient (Wildman–Crippen LogP) is 3.42. The maximum Gasteiger partial charge on any atom is 0.0537 e. The van der Waals surface area contributed by atoms with Gasteiger partial charge in [0.15, 0.2) is 0 Å². The number of hydrogen-bond acceptors (Lipinski definition) is 2. The van der Waals surface area contributed by atoms with E-state index in [9.17, 15) is 0 Å². The van der Waals surface area contributed by atoms with Crippen molar-refractivity contribution in [2.24, 2.45) is 36.0 Å². The maximum absolute atomic E-state index is 6.38. The lowest BCUT2D eigenvalue weighted by atomic mass is 9.48. The summed E-state index contributed by atoms with van der Waals surface area (Å²) in [5.41, 5.74) is 8.25. The fraction of sp³-hybridized carbons (Fsp3) is 0.824. The number of aromatic nitrogens is 2. The van der Waals surface area contributed by atoms with Crippen molar-refractivity contribution < 1.29 is 0 Å². The summed E-state index contributed by atoms with van der Waals surface area (Å²) in [7, 11) is 1.97. The Morgan fingerprint density at radius 3 is 2.35 bits per heavy atom. The Kier molecular flexibility index (Phi) is 2.95. The summed E-state index contributed by atoms with van der Waals surface area (Å²) in [6, 6.07) is 0.178. The van der Waals surface area contributed by atoms with E-state index in [-0.39, 0.29) is 6.04 Å². The normalized spacial score (nSPS) is 40.2. The van der Waals surface area contributed by atoms with Crippen molar-refractivity contribution in [2.75, 3.05) is 0 Å². The molecule has 4 bridgehead atoms. The van der Waals surface area contributed by atoms with Crippen LogP contribution < -0.4 is 5.73 Å². The highest BCUT2D eigenvalue weighted by atomic mass is 15.2. The topological polar surface area (TPSA) is 43.8 Å². The van der Waals surface area contributed by atoms with Crippen molar-refractivity contribution >= 4 is 0 Å². The van der Waals surface area contributed by atoms with Gasteiger partial charge in [0, 0.05) is 24.8 Å². The van der Waals surface area contributed by atoms with Crippen molar-refractivity contribution in [3.8, 4) is 0 Å². The van der Waals surface area contributed by atoms with E-state index in [1.807, 2.05) is 17.9 Å². The molecule has 1 aromatic rings. The first kappa shape index (κ1) is 12.9. The highest BCUT2D eigenvalue weighted by Crippen LogP contribution is 2.61. The molecule has 4 aliphatic rings. The third-order valence-corrected chi connectivity index (χ3v) is 6.30. The van der Waals surface area contributed by atoms with Gasteiger partial charge < -0.3 is 5.73 Å². The molecule has 0 amide bonds. The van der Waals surface area contributed by atoms with Crippen LogP contribution in [-0.4, -0.2) is 9.78 Å². The molecule has 1 atom stereocenters. The molecule has 110 valence electrons. The third-order valence-electron chi connectivity index (χ3n) is 6.30. The van der Waals surface area contributed by atoms with Gasteiger partial charge in [-0.25, -0.2) is 0 Å². The molecule has 2 N–H and O–H groups in total. The van der Waals surface area contributed by atoms with Crippen molar-refractivity contribution in [3.63, 3.8) is 0 Å². The lowest BCUT2D eigenvalue weighted by molar-refractivity contribution is -0.0588. The molecule has 5 rings (SSSR count). The number of nitrogens with two attached hydrogens (primary N) is 1. The van der Waals surface area contributed by atoms with Crippen molar-refractivity contribution in [1.82, 2.24) is 9.78 Å². The van der Waals surface area contributed by atoms with Crippen LogP contribution in [0, 0.1) is 23.2 Å². The Labute approximate surface area is 121 Å². The summed E-state index contributed by atoms with van der Waals surface area (Å²) < 4.78 is 1.86. The van der Waals surface area contributed by atoms with E-state index in [0.29, 0.717) is 5.41 Å². The van der Waals surface area contributed by atoms with Crippen LogP contribution in [0.3, 0.4) is 0 Å². The maximum atomic E-state index is 6.38. The second-order valence-corrected chi connectivity index (χ2v) is 8.01. The Morgan fingerprint density at radius 1 is 1.25 bits per heavy atom. The number of rotatable bonds is 4. The molecular formula is C17H27N3. The smallest absolute Gasteiger partial charge is 0.0537 e. The molecule has 0 aromatic carbocycles. The molecule has 1 aromatic heterocycles. The summed E-state index contributed by atoms with van der Waals surface area (Å²) >= 11 is 0. The summed E-state index contributed by atoms with van der Waals surface area (Å²) in [6.45, 7) is 0. The lowest BCUT2D eigenvalue weighted by Gasteiger charge is -2.57. The molecule has 0 radical (unpaired) electrons. The van der Waals surface area contributed by atoms with Gasteiger partial charge in [0.2, 0.25) is 0 Å². The van der Waals surface area contributed by atoms with Crippen LogP contribution in [0.15, 0.2) is 12.4 Å². The van der Waals surface area contributed by atoms with Gasteiger partial charge in [-0.3, -0.25) is 4.68 Å². The fourth-order valence-electron chi connectivity index (χ4n) is 5.86. The average molecular weight is 273 g/mol. The van der Waals surface area contributed by atoms with Crippen LogP contribution in [0.25, 0.3) is 0 Å². The summed E-state index contributed by atoms with van der Waals surface area (Å²) in [5.74, 6) is 3.16. The van der Waals surface area contributed by atoms with E-state index in [1.165, 1.54) is 50.5 Å². The van der Waals surface area contributed by atoms with E-state index < -0.39 is 0 Å². The summed E-state index contributed by atoms with van der Waals surface area (Å²) in [4.78, 5) is 0. The molecule has 0 spiro atoms. The van der Waals surface area contributed by atoms with Gasteiger partial charge in [-0.2, -0.15) is 5.10 Å². The van der Waals surface area contributed by atoms with Gasteiger partial charge >= 0.3 is 0 Å². The first-order chi connectivity index (χ1) is 9.62. The third kappa shape index (κ3) is 2.20. The first-order valence-electron chi connectivity index (χ1n) is 8.36.